The molecule has 0 bridgehead atoms. The number of hydrogen-bond donors (Lipinski definition) is 2. The Hall–Kier alpha value is -2.36. The monoisotopic (exact) mass is 234 g/mol. The number of carbonyl (C=O) groups is 2. The molecular weight excluding hydrogens is 220 g/mol. The van der Waals surface area contributed by atoms with E-state index in [0.717, 1.165) is 6.08 Å². The Kier molecular flexibility index (Phi) is 6.78. The molecule has 0 unspecified atom stereocenters. The number of benzene rings is 1. The van der Waals surface area contributed by atoms with E-state index in [4.69, 9.17) is 10.2 Å². The van der Waals surface area contributed by atoms with Crippen LogP contribution in [-0.4, -0.2) is 22.2 Å². The van der Waals surface area contributed by atoms with Gasteiger partial charge in [0.2, 0.25) is 0 Å². The van der Waals surface area contributed by atoms with Crippen molar-refractivity contribution in [3.8, 4) is 0 Å². The van der Waals surface area contributed by atoms with Crippen molar-refractivity contribution in [1.82, 2.24) is 0 Å². The first-order valence-electron chi connectivity index (χ1n) is 4.83. The Bertz CT molecular complexity index is 402. The summed E-state index contributed by atoms with van der Waals surface area (Å²) in [6, 6.07) is 10.0. The van der Waals surface area contributed by atoms with Crippen molar-refractivity contribution in [2.45, 2.75) is 6.92 Å². The average molecular weight is 234 g/mol. The minimum atomic E-state index is -1.41. The summed E-state index contributed by atoms with van der Waals surface area (Å²) in [6.45, 7) is 4.99. The van der Waals surface area contributed by atoms with Gasteiger partial charge in [0.15, 0.2) is 0 Å². The second-order valence-corrected chi connectivity index (χ2v) is 2.93. The Balaban J connectivity index is 0.000000302. The smallest absolute Gasteiger partial charge is 0.342 e. The van der Waals surface area contributed by atoms with E-state index in [-0.39, 0.29) is 0 Å². The van der Waals surface area contributed by atoms with Crippen LogP contribution in [0.15, 0.2) is 48.6 Å². The van der Waals surface area contributed by atoms with Gasteiger partial charge in [-0.05, 0) is 12.5 Å². The molecule has 0 saturated carbocycles. The molecule has 0 fully saturated rings. The lowest BCUT2D eigenvalue weighted by atomic mass is 10.2. The Morgan fingerprint density at radius 2 is 1.59 bits per heavy atom. The summed E-state index contributed by atoms with van der Waals surface area (Å²) in [7, 11) is 0. The highest BCUT2D eigenvalue weighted by Crippen LogP contribution is 1.97. The Labute approximate surface area is 99.5 Å². The van der Waals surface area contributed by atoms with Crippen molar-refractivity contribution in [2.24, 2.45) is 0 Å². The zero-order chi connectivity index (χ0) is 13.3. The largest absolute Gasteiger partial charge is 0.477 e. The molecule has 4 nitrogen and oxygen atoms in total. The minimum absolute atomic E-state index is 0.602. The molecule has 0 aliphatic rings. The summed E-state index contributed by atoms with van der Waals surface area (Å²) >= 11 is 0. The van der Waals surface area contributed by atoms with Gasteiger partial charge in [-0.25, -0.2) is 9.59 Å². The summed E-state index contributed by atoms with van der Waals surface area (Å²) in [5.41, 5.74) is 0.572. The third-order valence-corrected chi connectivity index (χ3v) is 1.78. The first kappa shape index (κ1) is 14.6. The molecule has 0 saturated heterocycles. The Morgan fingerprint density at radius 1 is 1.12 bits per heavy atom. The van der Waals surface area contributed by atoms with Crippen molar-refractivity contribution in [3.05, 3.63) is 54.1 Å². The summed E-state index contributed by atoms with van der Waals surface area (Å²) in [5.74, 6) is -2.82. The molecule has 0 aliphatic carbocycles. The second-order valence-electron chi connectivity index (χ2n) is 2.93. The van der Waals surface area contributed by atoms with Crippen LogP contribution < -0.4 is 0 Å². The molecule has 0 heterocycles. The zero-order valence-corrected chi connectivity index (χ0v) is 9.46. The second kappa shape index (κ2) is 7.87. The van der Waals surface area contributed by atoms with E-state index in [1.807, 2.05) is 36.4 Å². The minimum Gasteiger partial charge on any atom is -0.477 e. The molecule has 0 spiro atoms. The lowest BCUT2D eigenvalue weighted by Crippen LogP contribution is -2.10. The van der Waals surface area contributed by atoms with Crippen LogP contribution in [0.1, 0.15) is 12.5 Å². The van der Waals surface area contributed by atoms with Crippen LogP contribution >= 0.6 is 0 Å². The number of carboxylic acid groups (broad SMARTS) is 2. The van der Waals surface area contributed by atoms with E-state index in [0.29, 0.717) is 0 Å². The molecule has 0 amide bonds. The molecule has 1 aromatic rings. The highest BCUT2D eigenvalue weighted by Gasteiger charge is 2.12. The van der Waals surface area contributed by atoms with E-state index in [9.17, 15) is 9.59 Å². The number of hydrogen-bond acceptors (Lipinski definition) is 2. The predicted octanol–water partition coefficient (Wildman–Crippen LogP) is 2.43. The predicted molar refractivity (Wildman–Crippen MR) is 65.6 cm³/mol. The highest BCUT2D eigenvalue weighted by atomic mass is 16.4. The van der Waals surface area contributed by atoms with E-state index < -0.39 is 17.5 Å². The van der Waals surface area contributed by atoms with E-state index in [2.05, 4.69) is 6.58 Å². The van der Waals surface area contributed by atoms with Gasteiger partial charge in [0.25, 0.3) is 0 Å². The maximum atomic E-state index is 9.92. The maximum absolute atomic E-state index is 9.92. The average Bonchev–Trinajstić information content (AvgIpc) is 2.31. The molecule has 0 aromatic heterocycles. The highest BCUT2D eigenvalue weighted by molar-refractivity contribution is 6.12. The molecule has 17 heavy (non-hydrogen) atoms. The lowest BCUT2D eigenvalue weighted by Gasteiger charge is -1.89. The lowest BCUT2D eigenvalue weighted by molar-refractivity contribution is -0.140. The van der Waals surface area contributed by atoms with Crippen LogP contribution in [0.2, 0.25) is 0 Å². The number of rotatable bonds is 3. The van der Waals surface area contributed by atoms with Gasteiger partial charge in [-0.15, -0.1) is 0 Å². The fraction of sp³-hybridized carbons (Fsp3) is 0.0769. The van der Waals surface area contributed by atoms with Gasteiger partial charge in [0.05, 0.1) is 0 Å². The number of carboxylic acids is 2. The Morgan fingerprint density at radius 3 is 1.76 bits per heavy atom. The van der Waals surface area contributed by atoms with Crippen molar-refractivity contribution in [2.75, 3.05) is 0 Å². The molecule has 0 atom stereocenters. The quantitative estimate of drug-likeness (QED) is 0.478. The summed E-state index contributed by atoms with van der Waals surface area (Å²) in [5, 5.41) is 16.2. The maximum Gasteiger partial charge on any atom is 0.342 e. The first-order chi connectivity index (χ1) is 8.02. The van der Waals surface area contributed by atoms with Crippen LogP contribution in [-0.2, 0) is 9.59 Å². The SMILES string of the molecule is C=Cc1ccccc1.CC=C(C(=O)O)C(=O)O. The van der Waals surface area contributed by atoms with Crippen molar-refractivity contribution in [1.29, 1.82) is 0 Å². The fourth-order valence-corrected chi connectivity index (χ4v) is 0.928. The molecule has 90 valence electrons. The fourth-order valence-electron chi connectivity index (χ4n) is 0.928. The molecule has 4 heteroatoms. The van der Waals surface area contributed by atoms with Gasteiger partial charge in [-0.2, -0.15) is 0 Å². The third kappa shape index (κ3) is 5.94. The van der Waals surface area contributed by atoms with Gasteiger partial charge >= 0.3 is 11.9 Å². The molecular formula is C13H14O4. The van der Waals surface area contributed by atoms with Crippen LogP contribution in [0, 0.1) is 0 Å². The van der Waals surface area contributed by atoms with Crippen LogP contribution in [0.4, 0.5) is 0 Å². The van der Waals surface area contributed by atoms with Gasteiger partial charge < -0.3 is 10.2 Å². The topological polar surface area (TPSA) is 74.6 Å². The molecule has 1 aromatic carbocycles. The van der Waals surface area contributed by atoms with Gasteiger partial charge in [-0.1, -0.05) is 49.1 Å². The van der Waals surface area contributed by atoms with Crippen molar-refractivity contribution >= 4 is 18.0 Å². The van der Waals surface area contributed by atoms with Crippen LogP contribution in [0.3, 0.4) is 0 Å². The van der Waals surface area contributed by atoms with Gasteiger partial charge in [0, 0.05) is 0 Å². The van der Waals surface area contributed by atoms with E-state index in [1.54, 1.807) is 0 Å². The third-order valence-electron chi connectivity index (χ3n) is 1.78. The summed E-state index contributed by atoms with van der Waals surface area (Å²) in [6.07, 6.45) is 2.87. The first-order valence-corrected chi connectivity index (χ1v) is 4.83. The zero-order valence-electron chi connectivity index (χ0n) is 9.46. The molecule has 2 N–H and O–H groups in total. The van der Waals surface area contributed by atoms with E-state index >= 15 is 0 Å². The summed E-state index contributed by atoms with van der Waals surface area (Å²) in [4.78, 5) is 19.8. The summed E-state index contributed by atoms with van der Waals surface area (Å²) < 4.78 is 0. The van der Waals surface area contributed by atoms with Crippen molar-refractivity contribution in [3.63, 3.8) is 0 Å². The van der Waals surface area contributed by atoms with Gasteiger partial charge in [0.1, 0.15) is 5.57 Å². The van der Waals surface area contributed by atoms with Gasteiger partial charge in [-0.3, -0.25) is 0 Å². The molecule has 0 radical (unpaired) electrons. The van der Waals surface area contributed by atoms with Crippen LogP contribution in [0.25, 0.3) is 6.08 Å². The normalized spacial score (nSPS) is 8.29. The molecule has 0 aliphatic heterocycles. The van der Waals surface area contributed by atoms with Crippen molar-refractivity contribution < 1.29 is 19.8 Å². The standard InChI is InChI=1S/C8H8.C5H6O4/c1-2-8-6-4-3-5-7-8;1-2-3(4(6)7)5(8)9/h2-7H,1H2;2H,1H3,(H,6,7)(H,8,9). The van der Waals surface area contributed by atoms with Crippen LogP contribution in [0.5, 0.6) is 0 Å². The van der Waals surface area contributed by atoms with E-state index in [1.165, 1.54) is 12.5 Å². The number of aliphatic carboxylic acids is 2. The number of allylic oxidation sites excluding steroid dienone is 1. The molecule has 1 rings (SSSR count).